The molecule has 3 aromatic rings. The normalized spacial score (nSPS) is 16.4. The zero-order valence-corrected chi connectivity index (χ0v) is 17.1. The summed E-state index contributed by atoms with van der Waals surface area (Å²) in [7, 11) is 1.56. The first-order valence-electron chi connectivity index (χ1n) is 9.11. The number of aromatic nitrogens is 2. The molecule has 2 amide bonds. The highest BCUT2D eigenvalue weighted by Crippen LogP contribution is 2.28. The number of carbonyl (C=O) groups excluding carboxylic acids is 2. The maximum atomic E-state index is 12.8. The van der Waals surface area contributed by atoms with Gasteiger partial charge in [0.15, 0.2) is 0 Å². The molecule has 1 unspecified atom stereocenters. The molecule has 1 aliphatic rings. The van der Waals surface area contributed by atoms with Crippen molar-refractivity contribution in [3.63, 3.8) is 0 Å². The molecule has 1 aliphatic heterocycles. The summed E-state index contributed by atoms with van der Waals surface area (Å²) in [6.45, 7) is 4.03. The summed E-state index contributed by atoms with van der Waals surface area (Å²) in [5, 5.41) is 0.510. The van der Waals surface area contributed by atoms with E-state index in [9.17, 15) is 14.4 Å². The second-order valence-corrected chi connectivity index (χ2v) is 8.17. The summed E-state index contributed by atoms with van der Waals surface area (Å²) in [5.74, 6) is -0.475. The van der Waals surface area contributed by atoms with Gasteiger partial charge in [-0.3, -0.25) is 19.8 Å². The van der Waals surface area contributed by atoms with Crippen LogP contribution >= 0.6 is 11.3 Å². The number of carbonyl (C=O) groups is 2. The molecule has 29 heavy (non-hydrogen) atoms. The first-order chi connectivity index (χ1) is 13.9. The molecular formula is C20H20N4O4S. The topological polar surface area (TPSA) is 93.5 Å². The average molecular weight is 412 g/mol. The van der Waals surface area contributed by atoms with Gasteiger partial charge in [0.2, 0.25) is 11.8 Å². The van der Waals surface area contributed by atoms with Crippen LogP contribution in [0.25, 0.3) is 10.2 Å². The number of amides is 2. The van der Waals surface area contributed by atoms with Crippen molar-refractivity contribution >= 4 is 39.1 Å². The Morgan fingerprint density at radius 2 is 2.10 bits per heavy atom. The standard InChI is InChI=1S/C20H20N4O4S/c1-11-12(2)29-19-17(11)20(27)24(10-21-19)22-18(26)13-7-16(25)23(9-13)14-5-4-6-15(8-14)28-3/h4-6,8,10,13H,7,9H2,1-3H3,(H,22,26). The Morgan fingerprint density at radius 1 is 1.31 bits per heavy atom. The van der Waals surface area contributed by atoms with Crippen molar-refractivity contribution < 1.29 is 14.3 Å². The molecule has 1 N–H and O–H groups in total. The van der Waals surface area contributed by atoms with Crippen LogP contribution in [0.3, 0.4) is 0 Å². The van der Waals surface area contributed by atoms with E-state index in [-0.39, 0.29) is 24.4 Å². The first kappa shape index (κ1) is 19.1. The molecule has 4 rings (SSSR count). The van der Waals surface area contributed by atoms with Crippen molar-refractivity contribution in [3.8, 4) is 5.75 Å². The van der Waals surface area contributed by atoms with Crippen molar-refractivity contribution in [1.29, 1.82) is 0 Å². The molecule has 2 aromatic heterocycles. The van der Waals surface area contributed by atoms with E-state index in [1.165, 1.54) is 17.7 Å². The third kappa shape index (κ3) is 3.38. The van der Waals surface area contributed by atoms with Gasteiger partial charge in [0.25, 0.3) is 5.56 Å². The van der Waals surface area contributed by atoms with Gasteiger partial charge in [-0.1, -0.05) is 6.07 Å². The second-order valence-electron chi connectivity index (χ2n) is 6.97. The van der Waals surface area contributed by atoms with Gasteiger partial charge in [0, 0.05) is 29.6 Å². The molecule has 0 radical (unpaired) electrons. The van der Waals surface area contributed by atoms with E-state index in [2.05, 4.69) is 10.4 Å². The van der Waals surface area contributed by atoms with Gasteiger partial charge in [0.05, 0.1) is 18.4 Å². The number of nitrogens with one attached hydrogen (secondary N) is 1. The van der Waals surface area contributed by atoms with Crippen molar-refractivity contribution in [2.75, 3.05) is 24.0 Å². The molecule has 9 heteroatoms. The number of anilines is 1. The fourth-order valence-corrected chi connectivity index (χ4v) is 4.42. The monoisotopic (exact) mass is 412 g/mol. The minimum absolute atomic E-state index is 0.0735. The van der Waals surface area contributed by atoms with Crippen molar-refractivity contribution in [1.82, 2.24) is 9.66 Å². The van der Waals surface area contributed by atoms with Crippen LogP contribution in [0, 0.1) is 19.8 Å². The Morgan fingerprint density at radius 3 is 2.86 bits per heavy atom. The van der Waals surface area contributed by atoms with Gasteiger partial charge in [-0.25, -0.2) is 9.66 Å². The third-order valence-electron chi connectivity index (χ3n) is 5.18. The summed E-state index contributed by atoms with van der Waals surface area (Å²) >= 11 is 1.45. The fraction of sp³-hybridized carbons (Fsp3) is 0.300. The lowest BCUT2D eigenvalue weighted by Gasteiger charge is -2.17. The van der Waals surface area contributed by atoms with E-state index in [1.54, 1.807) is 36.3 Å². The van der Waals surface area contributed by atoms with Crippen LogP contribution in [0.5, 0.6) is 5.75 Å². The Labute approximate surface area is 170 Å². The number of fused-ring (bicyclic) bond motifs is 1. The molecule has 1 fully saturated rings. The average Bonchev–Trinajstić information content (AvgIpc) is 3.24. The van der Waals surface area contributed by atoms with Crippen LogP contribution in [0.1, 0.15) is 16.9 Å². The molecule has 1 saturated heterocycles. The zero-order chi connectivity index (χ0) is 20.7. The predicted octanol–water partition coefficient (Wildman–Crippen LogP) is 2.21. The van der Waals surface area contributed by atoms with Gasteiger partial charge >= 0.3 is 0 Å². The van der Waals surface area contributed by atoms with Crippen LogP contribution in [-0.2, 0) is 9.59 Å². The lowest BCUT2D eigenvalue weighted by molar-refractivity contribution is -0.123. The van der Waals surface area contributed by atoms with Gasteiger partial charge in [0.1, 0.15) is 16.9 Å². The lowest BCUT2D eigenvalue weighted by Crippen LogP contribution is -2.37. The maximum Gasteiger partial charge on any atom is 0.281 e. The largest absolute Gasteiger partial charge is 0.497 e. The van der Waals surface area contributed by atoms with Crippen LogP contribution in [0.15, 0.2) is 35.4 Å². The van der Waals surface area contributed by atoms with E-state index < -0.39 is 11.8 Å². The number of thiophene rings is 1. The van der Waals surface area contributed by atoms with E-state index in [0.29, 0.717) is 21.7 Å². The highest BCUT2D eigenvalue weighted by molar-refractivity contribution is 7.18. The van der Waals surface area contributed by atoms with Gasteiger partial charge in [-0.2, -0.15) is 0 Å². The zero-order valence-electron chi connectivity index (χ0n) is 16.3. The molecule has 0 aliphatic carbocycles. The number of nitrogens with zero attached hydrogens (tertiary/aromatic N) is 3. The summed E-state index contributed by atoms with van der Waals surface area (Å²) < 4.78 is 6.30. The highest BCUT2D eigenvalue weighted by atomic mass is 32.1. The first-order valence-corrected chi connectivity index (χ1v) is 9.93. The Bertz CT molecular complexity index is 1180. The smallest absolute Gasteiger partial charge is 0.281 e. The molecule has 0 bridgehead atoms. The Hall–Kier alpha value is -3.20. The number of benzene rings is 1. The summed E-state index contributed by atoms with van der Waals surface area (Å²) in [6.07, 6.45) is 1.39. The highest BCUT2D eigenvalue weighted by Gasteiger charge is 2.35. The lowest BCUT2D eigenvalue weighted by atomic mass is 10.1. The molecular weight excluding hydrogens is 392 g/mol. The fourth-order valence-electron chi connectivity index (χ4n) is 3.44. The third-order valence-corrected chi connectivity index (χ3v) is 6.30. The second kappa shape index (κ2) is 7.32. The van der Waals surface area contributed by atoms with Gasteiger partial charge < -0.3 is 9.64 Å². The minimum atomic E-state index is -0.568. The molecule has 0 spiro atoms. The Balaban J connectivity index is 1.54. The minimum Gasteiger partial charge on any atom is -0.497 e. The van der Waals surface area contributed by atoms with Crippen LogP contribution in [-0.4, -0.2) is 35.1 Å². The predicted molar refractivity (Wildman–Crippen MR) is 111 cm³/mol. The molecule has 1 aromatic carbocycles. The van der Waals surface area contributed by atoms with Gasteiger partial charge in [-0.15, -0.1) is 11.3 Å². The number of rotatable bonds is 4. The number of methoxy groups -OCH3 is 1. The molecule has 0 saturated carbocycles. The van der Waals surface area contributed by atoms with Crippen LogP contribution in [0.2, 0.25) is 0 Å². The van der Waals surface area contributed by atoms with Crippen LogP contribution in [0.4, 0.5) is 5.69 Å². The Kier molecular flexibility index (Phi) is 4.83. The maximum absolute atomic E-state index is 12.8. The SMILES string of the molecule is COc1cccc(N2CC(C(=O)Nn3cnc4sc(C)c(C)c4c3=O)CC2=O)c1. The number of hydrogen-bond acceptors (Lipinski definition) is 6. The van der Waals surface area contributed by atoms with Crippen molar-refractivity contribution in [3.05, 3.63) is 51.4 Å². The van der Waals surface area contributed by atoms with E-state index in [4.69, 9.17) is 4.74 Å². The van der Waals surface area contributed by atoms with E-state index in [0.717, 1.165) is 15.1 Å². The summed E-state index contributed by atoms with van der Waals surface area (Å²) in [5.41, 5.74) is 3.82. The molecule has 3 heterocycles. The number of hydrogen-bond donors (Lipinski definition) is 1. The van der Waals surface area contributed by atoms with Crippen molar-refractivity contribution in [2.24, 2.45) is 5.92 Å². The molecule has 1 atom stereocenters. The van der Waals surface area contributed by atoms with Crippen LogP contribution < -0.4 is 20.6 Å². The number of ether oxygens (including phenoxy) is 1. The summed E-state index contributed by atoms with van der Waals surface area (Å²) in [4.78, 5) is 45.5. The quantitative estimate of drug-likeness (QED) is 0.709. The molecule has 150 valence electrons. The number of aryl methyl sites for hydroxylation is 2. The summed E-state index contributed by atoms with van der Waals surface area (Å²) in [6, 6.07) is 7.13. The van der Waals surface area contributed by atoms with E-state index in [1.807, 2.05) is 13.8 Å². The van der Waals surface area contributed by atoms with Gasteiger partial charge in [-0.05, 0) is 31.5 Å². The van der Waals surface area contributed by atoms with E-state index >= 15 is 0 Å². The molecule has 8 nitrogen and oxygen atoms in total. The van der Waals surface area contributed by atoms with Crippen molar-refractivity contribution in [2.45, 2.75) is 20.3 Å².